The van der Waals surface area contributed by atoms with E-state index >= 15 is 0 Å². The zero-order valence-electron chi connectivity index (χ0n) is 12.9. The summed E-state index contributed by atoms with van der Waals surface area (Å²) in [6.07, 6.45) is 4.30. The normalized spacial score (nSPS) is 11.7. The maximum atomic E-state index is 5.57. The second kappa shape index (κ2) is 7.41. The lowest BCUT2D eigenvalue weighted by Gasteiger charge is -2.13. The summed E-state index contributed by atoms with van der Waals surface area (Å²) in [5.74, 6) is 0.856. The van der Waals surface area contributed by atoms with Crippen LogP contribution in [-0.4, -0.2) is 5.71 Å². The Kier molecular flexibility index (Phi) is 4.85. The van der Waals surface area contributed by atoms with E-state index in [0.717, 1.165) is 29.0 Å². The maximum Gasteiger partial charge on any atom is 0.128 e. The average molecular weight is 301 g/mol. The molecule has 0 bridgehead atoms. The van der Waals surface area contributed by atoms with E-state index in [1.165, 1.54) is 0 Å². The van der Waals surface area contributed by atoms with Gasteiger partial charge in [0, 0.05) is 11.1 Å². The Bertz CT molecular complexity index is 717. The smallest absolute Gasteiger partial charge is 0.128 e. The zero-order chi connectivity index (χ0) is 15.9. The molecule has 1 aromatic heterocycles. The quantitative estimate of drug-likeness (QED) is 0.440. The van der Waals surface area contributed by atoms with E-state index in [0.29, 0.717) is 0 Å². The van der Waals surface area contributed by atoms with Crippen LogP contribution >= 0.6 is 0 Å². The highest BCUT2D eigenvalue weighted by Crippen LogP contribution is 2.25. The van der Waals surface area contributed by atoms with Crippen LogP contribution in [-0.2, 0) is 0 Å². The van der Waals surface area contributed by atoms with Crippen LogP contribution in [0, 0.1) is 0 Å². The van der Waals surface area contributed by atoms with E-state index in [4.69, 9.17) is 9.41 Å². The van der Waals surface area contributed by atoms with Gasteiger partial charge in [0.25, 0.3) is 0 Å². The number of aliphatic imine (C=N–C) groups is 1. The van der Waals surface area contributed by atoms with Crippen molar-refractivity contribution in [2.24, 2.45) is 4.99 Å². The van der Waals surface area contributed by atoms with Crippen molar-refractivity contribution in [2.75, 3.05) is 0 Å². The molecule has 2 nitrogen and oxygen atoms in total. The lowest BCUT2D eigenvalue weighted by atomic mass is 10.0. The standard InChI is InChI=1S/C21H19NO/c1-2-10-19(20-15-9-16-23-20)22-21(17-11-5-3-6-12-17)18-13-7-4-8-14-18/h2-9,11-16,19H,1,10H2. The molecular weight excluding hydrogens is 282 g/mol. The molecule has 2 heteroatoms. The van der Waals surface area contributed by atoms with Crippen LogP contribution in [0.4, 0.5) is 0 Å². The van der Waals surface area contributed by atoms with Gasteiger partial charge in [0.2, 0.25) is 0 Å². The number of rotatable bonds is 6. The first-order valence-corrected chi connectivity index (χ1v) is 7.71. The number of benzene rings is 2. The molecule has 2 aromatic carbocycles. The molecule has 0 aliphatic carbocycles. The number of hydrogen-bond acceptors (Lipinski definition) is 2. The monoisotopic (exact) mass is 301 g/mol. The fourth-order valence-electron chi connectivity index (χ4n) is 2.53. The molecule has 0 saturated carbocycles. The third-order valence-corrected chi connectivity index (χ3v) is 3.64. The summed E-state index contributed by atoms with van der Waals surface area (Å²) in [5.41, 5.74) is 3.16. The maximum absolute atomic E-state index is 5.57. The zero-order valence-corrected chi connectivity index (χ0v) is 12.9. The van der Waals surface area contributed by atoms with Gasteiger partial charge in [0.05, 0.1) is 12.0 Å². The predicted octanol–water partition coefficient (Wildman–Crippen LogP) is 5.43. The van der Waals surface area contributed by atoms with Crippen LogP contribution in [0.15, 0.2) is 101 Å². The van der Waals surface area contributed by atoms with Gasteiger partial charge in [-0.05, 0) is 18.6 Å². The minimum absolute atomic E-state index is 0.0714. The Labute approximate surface area is 136 Å². The van der Waals surface area contributed by atoms with Crippen LogP contribution in [0.25, 0.3) is 0 Å². The minimum Gasteiger partial charge on any atom is -0.467 e. The second-order valence-electron chi connectivity index (χ2n) is 5.27. The molecule has 0 spiro atoms. The van der Waals surface area contributed by atoms with Crippen molar-refractivity contribution >= 4 is 5.71 Å². The van der Waals surface area contributed by atoms with Gasteiger partial charge in [-0.15, -0.1) is 6.58 Å². The van der Waals surface area contributed by atoms with E-state index in [1.54, 1.807) is 6.26 Å². The van der Waals surface area contributed by atoms with E-state index in [9.17, 15) is 0 Å². The topological polar surface area (TPSA) is 25.5 Å². The molecule has 3 rings (SSSR count). The fraction of sp³-hybridized carbons (Fsp3) is 0.0952. The fourth-order valence-corrected chi connectivity index (χ4v) is 2.53. The van der Waals surface area contributed by atoms with Crippen LogP contribution in [0.2, 0.25) is 0 Å². The van der Waals surface area contributed by atoms with E-state index in [-0.39, 0.29) is 6.04 Å². The van der Waals surface area contributed by atoms with Crippen molar-refractivity contribution in [2.45, 2.75) is 12.5 Å². The van der Waals surface area contributed by atoms with Gasteiger partial charge in [-0.2, -0.15) is 0 Å². The van der Waals surface area contributed by atoms with Gasteiger partial charge in [-0.1, -0.05) is 66.7 Å². The highest BCUT2D eigenvalue weighted by Gasteiger charge is 2.15. The molecule has 1 heterocycles. The number of hydrogen-bond donors (Lipinski definition) is 0. The van der Waals surface area contributed by atoms with E-state index < -0.39 is 0 Å². The molecule has 0 N–H and O–H groups in total. The highest BCUT2D eigenvalue weighted by molar-refractivity contribution is 6.12. The van der Waals surface area contributed by atoms with Crippen LogP contribution in [0.1, 0.15) is 29.3 Å². The average Bonchev–Trinajstić information content (AvgIpc) is 3.15. The summed E-state index contributed by atoms with van der Waals surface area (Å²) < 4.78 is 5.57. The first kappa shape index (κ1) is 15.0. The highest BCUT2D eigenvalue weighted by atomic mass is 16.3. The van der Waals surface area contributed by atoms with Crippen LogP contribution < -0.4 is 0 Å². The van der Waals surface area contributed by atoms with Crippen molar-refractivity contribution in [1.29, 1.82) is 0 Å². The van der Waals surface area contributed by atoms with Crippen molar-refractivity contribution in [1.82, 2.24) is 0 Å². The molecule has 0 saturated heterocycles. The Morgan fingerprint density at radius 3 is 2.00 bits per heavy atom. The molecule has 0 aliphatic rings. The van der Waals surface area contributed by atoms with E-state index in [1.807, 2.05) is 54.6 Å². The van der Waals surface area contributed by atoms with Crippen molar-refractivity contribution in [3.05, 3.63) is 109 Å². The van der Waals surface area contributed by atoms with Crippen molar-refractivity contribution < 1.29 is 4.42 Å². The first-order valence-electron chi connectivity index (χ1n) is 7.71. The second-order valence-corrected chi connectivity index (χ2v) is 5.27. The van der Waals surface area contributed by atoms with E-state index in [2.05, 4.69) is 30.8 Å². The molecular formula is C21H19NO. The largest absolute Gasteiger partial charge is 0.467 e. The molecule has 0 fully saturated rings. The van der Waals surface area contributed by atoms with Gasteiger partial charge >= 0.3 is 0 Å². The predicted molar refractivity (Wildman–Crippen MR) is 94.8 cm³/mol. The van der Waals surface area contributed by atoms with Crippen molar-refractivity contribution in [3.8, 4) is 0 Å². The Hall–Kier alpha value is -2.87. The molecule has 114 valence electrons. The van der Waals surface area contributed by atoms with Crippen molar-refractivity contribution in [3.63, 3.8) is 0 Å². The van der Waals surface area contributed by atoms with Gasteiger partial charge in [0.1, 0.15) is 11.8 Å². The molecule has 0 amide bonds. The minimum atomic E-state index is -0.0714. The van der Waals surface area contributed by atoms with Gasteiger partial charge in [0.15, 0.2) is 0 Å². The molecule has 3 aromatic rings. The van der Waals surface area contributed by atoms with Crippen LogP contribution in [0.5, 0.6) is 0 Å². The van der Waals surface area contributed by atoms with Gasteiger partial charge < -0.3 is 4.42 Å². The summed E-state index contributed by atoms with van der Waals surface area (Å²) >= 11 is 0. The first-order chi connectivity index (χ1) is 11.4. The number of nitrogens with zero attached hydrogens (tertiary/aromatic N) is 1. The Morgan fingerprint density at radius 2 is 1.52 bits per heavy atom. The third-order valence-electron chi connectivity index (χ3n) is 3.64. The summed E-state index contributed by atoms with van der Waals surface area (Å²) in [6.45, 7) is 3.85. The number of furan rings is 1. The van der Waals surface area contributed by atoms with Gasteiger partial charge in [-0.25, -0.2) is 0 Å². The molecule has 0 radical (unpaired) electrons. The summed E-state index contributed by atoms with van der Waals surface area (Å²) in [6, 6.07) is 24.3. The Balaban J connectivity index is 2.08. The summed E-state index contributed by atoms with van der Waals surface area (Å²) in [5, 5.41) is 0. The summed E-state index contributed by atoms with van der Waals surface area (Å²) in [4.78, 5) is 5.00. The Morgan fingerprint density at radius 1 is 0.913 bits per heavy atom. The molecule has 1 atom stereocenters. The molecule has 1 unspecified atom stereocenters. The lowest BCUT2D eigenvalue weighted by Crippen LogP contribution is -2.06. The summed E-state index contributed by atoms with van der Waals surface area (Å²) in [7, 11) is 0. The SMILES string of the molecule is C=CCC(N=C(c1ccccc1)c1ccccc1)c1ccco1. The lowest BCUT2D eigenvalue weighted by molar-refractivity contribution is 0.469. The van der Waals surface area contributed by atoms with Crippen LogP contribution in [0.3, 0.4) is 0 Å². The molecule has 0 aliphatic heterocycles. The third kappa shape index (κ3) is 3.67. The van der Waals surface area contributed by atoms with Gasteiger partial charge in [-0.3, -0.25) is 4.99 Å². The molecule has 23 heavy (non-hydrogen) atoms.